The second kappa shape index (κ2) is 5.84. The fourth-order valence-electron chi connectivity index (χ4n) is 2.04. The molecule has 5 nitrogen and oxygen atoms in total. The molecule has 1 aliphatic rings. The lowest BCUT2D eigenvalue weighted by Gasteiger charge is -2.30. The Balaban J connectivity index is 2.02. The van der Waals surface area contributed by atoms with E-state index >= 15 is 0 Å². The minimum Gasteiger partial charge on any atom is -0.495 e. The molecule has 1 atom stereocenters. The van der Waals surface area contributed by atoms with E-state index in [4.69, 9.17) is 4.74 Å². The number of benzene rings is 1. The first-order chi connectivity index (χ1) is 8.70. The van der Waals surface area contributed by atoms with Crippen LogP contribution in [-0.2, 0) is 4.79 Å². The van der Waals surface area contributed by atoms with E-state index in [0.29, 0.717) is 11.4 Å². The van der Waals surface area contributed by atoms with Gasteiger partial charge in [0.2, 0.25) is 5.91 Å². The number of hydrogen-bond acceptors (Lipinski definition) is 4. The van der Waals surface area contributed by atoms with Crippen molar-refractivity contribution >= 4 is 11.6 Å². The molecule has 1 saturated heterocycles. The van der Waals surface area contributed by atoms with Crippen LogP contribution in [0.4, 0.5) is 5.69 Å². The number of likely N-dealkylation sites (N-methyl/N-ethyl adjacent to an activating group) is 1. The standard InChI is InChI=1S/C13H19N3O2/c1-16-8-7-14-11(9-16)13(17)15-10-5-3-4-6-12(10)18-2/h3-6,11,14H,7-9H2,1-2H3,(H,15,17). The van der Waals surface area contributed by atoms with Crippen LogP contribution < -0.4 is 15.4 Å². The molecule has 18 heavy (non-hydrogen) atoms. The van der Waals surface area contributed by atoms with Gasteiger partial charge in [0.15, 0.2) is 0 Å². The van der Waals surface area contributed by atoms with Gasteiger partial charge >= 0.3 is 0 Å². The number of amides is 1. The summed E-state index contributed by atoms with van der Waals surface area (Å²) in [7, 11) is 3.61. The Morgan fingerprint density at radius 3 is 3.00 bits per heavy atom. The second-order valence-corrected chi connectivity index (χ2v) is 4.46. The smallest absolute Gasteiger partial charge is 0.242 e. The van der Waals surface area contributed by atoms with Gasteiger partial charge in [-0.1, -0.05) is 12.1 Å². The van der Waals surface area contributed by atoms with Gasteiger partial charge in [-0.25, -0.2) is 0 Å². The van der Waals surface area contributed by atoms with Crippen LogP contribution >= 0.6 is 0 Å². The highest BCUT2D eigenvalue weighted by Gasteiger charge is 2.23. The fraction of sp³-hybridized carbons (Fsp3) is 0.462. The number of rotatable bonds is 3. The molecule has 2 rings (SSSR count). The number of para-hydroxylation sites is 2. The molecule has 0 aliphatic carbocycles. The summed E-state index contributed by atoms with van der Waals surface area (Å²) in [5, 5.41) is 6.11. The molecule has 1 fully saturated rings. The molecular formula is C13H19N3O2. The normalized spacial score (nSPS) is 20.4. The molecule has 2 N–H and O–H groups in total. The molecule has 1 unspecified atom stereocenters. The average Bonchev–Trinajstić information content (AvgIpc) is 2.39. The minimum absolute atomic E-state index is 0.0222. The van der Waals surface area contributed by atoms with Crippen LogP contribution in [0, 0.1) is 0 Å². The summed E-state index contributed by atoms with van der Waals surface area (Å²) in [6, 6.07) is 7.24. The van der Waals surface area contributed by atoms with E-state index < -0.39 is 0 Å². The van der Waals surface area contributed by atoms with E-state index in [1.165, 1.54) is 0 Å². The Bertz CT molecular complexity index is 422. The van der Waals surface area contributed by atoms with Gasteiger partial charge in [-0.3, -0.25) is 4.79 Å². The van der Waals surface area contributed by atoms with Crippen molar-refractivity contribution in [1.82, 2.24) is 10.2 Å². The van der Waals surface area contributed by atoms with Crippen molar-refractivity contribution < 1.29 is 9.53 Å². The highest BCUT2D eigenvalue weighted by atomic mass is 16.5. The quantitative estimate of drug-likeness (QED) is 0.821. The Labute approximate surface area is 107 Å². The molecule has 0 radical (unpaired) electrons. The van der Waals surface area contributed by atoms with Crippen molar-refractivity contribution in [2.45, 2.75) is 6.04 Å². The third kappa shape index (κ3) is 3.00. The van der Waals surface area contributed by atoms with E-state index in [1.807, 2.05) is 31.3 Å². The minimum atomic E-state index is -0.173. The summed E-state index contributed by atoms with van der Waals surface area (Å²) in [5.74, 6) is 0.654. The van der Waals surface area contributed by atoms with Gasteiger partial charge in [0.25, 0.3) is 0 Å². The summed E-state index contributed by atoms with van der Waals surface area (Å²) in [6.45, 7) is 2.53. The number of carbonyl (C=O) groups is 1. The van der Waals surface area contributed by atoms with Crippen LogP contribution in [0.25, 0.3) is 0 Å². The highest BCUT2D eigenvalue weighted by molar-refractivity contribution is 5.96. The monoisotopic (exact) mass is 249 g/mol. The molecule has 0 bridgehead atoms. The Morgan fingerprint density at radius 2 is 2.28 bits per heavy atom. The number of methoxy groups -OCH3 is 1. The summed E-state index contributed by atoms with van der Waals surface area (Å²) < 4.78 is 5.21. The molecule has 1 heterocycles. The highest BCUT2D eigenvalue weighted by Crippen LogP contribution is 2.23. The first-order valence-electron chi connectivity index (χ1n) is 6.06. The van der Waals surface area contributed by atoms with Crippen molar-refractivity contribution in [3.05, 3.63) is 24.3 Å². The number of carbonyl (C=O) groups excluding carboxylic acids is 1. The predicted octanol–water partition coefficient (Wildman–Crippen LogP) is 0.537. The van der Waals surface area contributed by atoms with Crippen LogP contribution in [0.1, 0.15) is 0 Å². The molecule has 1 aromatic rings. The molecule has 0 saturated carbocycles. The second-order valence-electron chi connectivity index (χ2n) is 4.46. The van der Waals surface area contributed by atoms with Crippen LogP contribution in [-0.4, -0.2) is 50.6 Å². The third-order valence-corrected chi connectivity index (χ3v) is 3.06. The van der Waals surface area contributed by atoms with Crippen molar-refractivity contribution in [2.75, 3.05) is 39.1 Å². The maximum atomic E-state index is 12.1. The zero-order chi connectivity index (χ0) is 13.0. The average molecular weight is 249 g/mol. The molecule has 1 aliphatic heterocycles. The van der Waals surface area contributed by atoms with E-state index in [2.05, 4.69) is 15.5 Å². The lowest BCUT2D eigenvalue weighted by Crippen LogP contribution is -2.54. The van der Waals surface area contributed by atoms with Crippen LogP contribution in [0.3, 0.4) is 0 Å². The van der Waals surface area contributed by atoms with Gasteiger partial charge < -0.3 is 20.3 Å². The van der Waals surface area contributed by atoms with Gasteiger partial charge in [-0.05, 0) is 19.2 Å². The fourth-order valence-corrected chi connectivity index (χ4v) is 2.04. The SMILES string of the molecule is COc1ccccc1NC(=O)C1CN(C)CCN1. The topological polar surface area (TPSA) is 53.6 Å². The Kier molecular flexibility index (Phi) is 4.17. The van der Waals surface area contributed by atoms with E-state index in [9.17, 15) is 4.79 Å². The first kappa shape index (κ1) is 12.9. The maximum absolute atomic E-state index is 12.1. The summed E-state index contributed by atoms with van der Waals surface area (Å²) in [5.41, 5.74) is 0.708. The number of nitrogens with zero attached hydrogens (tertiary/aromatic N) is 1. The summed E-state index contributed by atoms with van der Waals surface area (Å²) >= 11 is 0. The predicted molar refractivity (Wildman–Crippen MR) is 70.9 cm³/mol. The molecule has 98 valence electrons. The van der Waals surface area contributed by atoms with Gasteiger partial charge in [-0.15, -0.1) is 0 Å². The van der Waals surface area contributed by atoms with E-state index in [1.54, 1.807) is 7.11 Å². The number of anilines is 1. The Hall–Kier alpha value is -1.59. The number of nitrogens with one attached hydrogen (secondary N) is 2. The molecule has 0 aromatic heterocycles. The van der Waals surface area contributed by atoms with Crippen molar-refractivity contribution in [3.8, 4) is 5.75 Å². The van der Waals surface area contributed by atoms with Crippen molar-refractivity contribution in [2.24, 2.45) is 0 Å². The largest absolute Gasteiger partial charge is 0.495 e. The lowest BCUT2D eigenvalue weighted by atomic mass is 10.2. The molecule has 1 aromatic carbocycles. The van der Waals surface area contributed by atoms with Gasteiger partial charge in [0.05, 0.1) is 18.8 Å². The summed E-state index contributed by atoms with van der Waals surface area (Å²) in [6.07, 6.45) is 0. The molecule has 5 heteroatoms. The number of hydrogen-bond donors (Lipinski definition) is 2. The van der Waals surface area contributed by atoms with E-state index in [0.717, 1.165) is 19.6 Å². The van der Waals surface area contributed by atoms with Gasteiger partial charge in [0, 0.05) is 19.6 Å². The van der Waals surface area contributed by atoms with Gasteiger partial charge in [0.1, 0.15) is 5.75 Å². The number of ether oxygens (including phenoxy) is 1. The van der Waals surface area contributed by atoms with E-state index in [-0.39, 0.29) is 11.9 Å². The lowest BCUT2D eigenvalue weighted by molar-refractivity contribution is -0.119. The van der Waals surface area contributed by atoms with Crippen molar-refractivity contribution in [3.63, 3.8) is 0 Å². The number of piperazine rings is 1. The first-order valence-corrected chi connectivity index (χ1v) is 6.06. The summed E-state index contributed by atoms with van der Waals surface area (Å²) in [4.78, 5) is 14.3. The van der Waals surface area contributed by atoms with Crippen molar-refractivity contribution in [1.29, 1.82) is 0 Å². The third-order valence-electron chi connectivity index (χ3n) is 3.06. The molecular weight excluding hydrogens is 230 g/mol. The molecule has 0 spiro atoms. The van der Waals surface area contributed by atoms with Crippen LogP contribution in [0.5, 0.6) is 5.75 Å². The zero-order valence-electron chi connectivity index (χ0n) is 10.8. The zero-order valence-corrected chi connectivity index (χ0v) is 10.8. The van der Waals surface area contributed by atoms with Gasteiger partial charge in [-0.2, -0.15) is 0 Å². The molecule has 1 amide bonds. The van der Waals surface area contributed by atoms with Crippen LogP contribution in [0.2, 0.25) is 0 Å². The Morgan fingerprint density at radius 1 is 1.50 bits per heavy atom. The maximum Gasteiger partial charge on any atom is 0.242 e. The van der Waals surface area contributed by atoms with Crippen LogP contribution in [0.15, 0.2) is 24.3 Å².